The standard InChI is InChI=1S/C12H22F3N3/c13-12(14,15)10-16-4-6-17-7-8-18-5-2-1-3-11(18)9-17/h11,16H,1-10H2. The average Bonchev–Trinajstić information content (AvgIpc) is 2.33. The van der Waals surface area contributed by atoms with Crippen LogP contribution in [0.2, 0.25) is 0 Å². The molecule has 0 aromatic rings. The van der Waals surface area contributed by atoms with Gasteiger partial charge in [-0.2, -0.15) is 13.2 Å². The number of alkyl halides is 3. The first-order chi connectivity index (χ1) is 8.54. The van der Waals surface area contributed by atoms with Gasteiger partial charge in [0.25, 0.3) is 0 Å². The molecule has 0 aliphatic carbocycles. The Balaban J connectivity index is 1.62. The lowest BCUT2D eigenvalue weighted by Crippen LogP contribution is -2.55. The third-order valence-corrected chi connectivity index (χ3v) is 3.85. The molecule has 1 N–H and O–H groups in total. The first kappa shape index (κ1) is 14.1. The number of nitrogens with zero attached hydrogens (tertiary/aromatic N) is 2. The lowest BCUT2D eigenvalue weighted by atomic mass is 9.99. The van der Waals surface area contributed by atoms with Crippen LogP contribution in [0.5, 0.6) is 0 Å². The molecule has 2 saturated heterocycles. The summed E-state index contributed by atoms with van der Waals surface area (Å²) in [4.78, 5) is 4.82. The Morgan fingerprint density at radius 3 is 2.72 bits per heavy atom. The van der Waals surface area contributed by atoms with E-state index in [4.69, 9.17) is 0 Å². The maximum atomic E-state index is 12.0. The van der Waals surface area contributed by atoms with Crippen molar-refractivity contribution in [3.05, 3.63) is 0 Å². The number of fused-ring (bicyclic) bond motifs is 1. The fraction of sp³-hybridized carbons (Fsp3) is 1.00. The minimum Gasteiger partial charge on any atom is -0.307 e. The zero-order valence-electron chi connectivity index (χ0n) is 10.7. The van der Waals surface area contributed by atoms with Crippen molar-refractivity contribution in [2.75, 3.05) is 45.8 Å². The third-order valence-electron chi connectivity index (χ3n) is 3.85. The average molecular weight is 265 g/mol. The molecule has 18 heavy (non-hydrogen) atoms. The highest BCUT2D eigenvalue weighted by Gasteiger charge is 2.29. The van der Waals surface area contributed by atoms with Crippen LogP contribution in [0.4, 0.5) is 13.2 Å². The Kier molecular flexibility index (Phi) is 4.86. The smallest absolute Gasteiger partial charge is 0.307 e. The molecule has 2 rings (SSSR count). The van der Waals surface area contributed by atoms with Crippen molar-refractivity contribution in [3.63, 3.8) is 0 Å². The summed E-state index contributed by atoms with van der Waals surface area (Å²) in [7, 11) is 0. The van der Waals surface area contributed by atoms with Crippen LogP contribution in [0.25, 0.3) is 0 Å². The molecule has 1 unspecified atom stereocenters. The Bertz CT molecular complexity index is 257. The molecule has 2 fully saturated rings. The number of nitrogens with one attached hydrogen (secondary N) is 1. The maximum absolute atomic E-state index is 12.0. The first-order valence-corrected chi connectivity index (χ1v) is 6.78. The molecule has 0 aromatic carbocycles. The fourth-order valence-corrected chi connectivity index (χ4v) is 2.89. The van der Waals surface area contributed by atoms with Gasteiger partial charge in [-0.3, -0.25) is 9.80 Å². The predicted molar refractivity (Wildman–Crippen MR) is 64.6 cm³/mol. The highest BCUT2D eigenvalue weighted by molar-refractivity contribution is 4.85. The van der Waals surface area contributed by atoms with Gasteiger partial charge >= 0.3 is 6.18 Å². The van der Waals surface area contributed by atoms with Gasteiger partial charge < -0.3 is 5.32 Å². The molecule has 106 valence electrons. The molecule has 3 nitrogen and oxygen atoms in total. The van der Waals surface area contributed by atoms with E-state index >= 15 is 0 Å². The van der Waals surface area contributed by atoms with Crippen LogP contribution in [0.15, 0.2) is 0 Å². The summed E-state index contributed by atoms with van der Waals surface area (Å²) in [6.45, 7) is 4.55. The molecule has 2 aliphatic rings. The molecule has 0 spiro atoms. The normalized spacial score (nSPS) is 27.2. The van der Waals surface area contributed by atoms with Crippen LogP contribution in [-0.4, -0.2) is 67.8 Å². The van der Waals surface area contributed by atoms with Gasteiger partial charge in [0.1, 0.15) is 0 Å². The minimum atomic E-state index is -4.10. The van der Waals surface area contributed by atoms with Crippen LogP contribution < -0.4 is 5.32 Å². The summed E-state index contributed by atoms with van der Waals surface area (Å²) in [5, 5.41) is 2.46. The van der Waals surface area contributed by atoms with Crippen LogP contribution >= 0.6 is 0 Å². The van der Waals surface area contributed by atoms with Gasteiger partial charge in [-0.25, -0.2) is 0 Å². The van der Waals surface area contributed by atoms with Crippen molar-refractivity contribution in [1.82, 2.24) is 15.1 Å². The number of hydrogen-bond acceptors (Lipinski definition) is 3. The molecular formula is C12H22F3N3. The fourth-order valence-electron chi connectivity index (χ4n) is 2.89. The molecule has 1 atom stereocenters. The number of piperidine rings is 1. The summed E-state index contributed by atoms with van der Waals surface area (Å²) in [5.74, 6) is 0. The van der Waals surface area contributed by atoms with E-state index in [2.05, 4.69) is 15.1 Å². The molecule has 2 aliphatic heterocycles. The van der Waals surface area contributed by atoms with Crippen molar-refractivity contribution < 1.29 is 13.2 Å². The molecule has 0 radical (unpaired) electrons. The largest absolute Gasteiger partial charge is 0.401 e. The van der Waals surface area contributed by atoms with E-state index in [1.165, 1.54) is 25.8 Å². The molecule has 0 aromatic heterocycles. The van der Waals surface area contributed by atoms with E-state index in [1.807, 2.05) is 0 Å². The minimum absolute atomic E-state index is 0.423. The number of hydrogen-bond donors (Lipinski definition) is 1. The van der Waals surface area contributed by atoms with E-state index in [0.717, 1.165) is 26.2 Å². The monoisotopic (exact) mass is 265 g/mol. The van der Waals surface area contributed by atoms with Gasteiger partial charge in [0.15, 0.2) is 0 Å². The Hall–Kier alpha value is -0.330. The van der Waals surface area contributed by atoms with Crippen LogP contribution in [0, 0.1) is 0 Å². The number of piperazine rings is 1. The van der Waals surface area contributed by atoms with E-state index < -0.39 is 12.7 Å². The molecule has 0 bridgehead atoms. The third kappa shape index (κ3) is 4.40. The molecule has 0 amide bonds. The van der Waals surface area contributed by atoms with Crippen LogP contribution in [-0.2, 0) is 0 Å². The van der Waals surface area contributed by atoms with E-state index in [1.54, 1.807) is 0 Å². The second-order valence-corrected chi connectivity index (χ2v) is 5.28. The first-order valence-electron chi connectivity index (χ1n) is 6.78. The van der Waals surface area contributed by atoms with Crippen LogP contribution in [0.3, 0.4) is 0 Å². The Labute approximate surface area is 106 Å². The van der Waals surface area contributed by atoms with Gasteiger partial charge in [-0.15, -0.1) is 0 Å². The van der Waals surface area contributed by atoms with Crippen molar-refractivity contribution >= 4 is 0 Å². The van der Waals surface area contributed by atoms with Crippen LogP contribution in [0.1, 0.15) is 19.3 Å². The predicted octanol–water partition coefficient (Wildman–Crippen LogP) is 1.31. The van der Waals surface area contributed by atoms with Crippen molar-refractivity contribution in [2.24, 2.45) is 0 Å². The van der Waals surface area contributed by atoms with Crippen molar-refractivity contribution in [2.45, 2.75) is 31.5 Å². The highest BCUT2D eigenvalue weighted by Crippen LogP contribution is 2.20. The molecule has 6 heteroatoms. The summed E-state index contributed by atoms with van der Waals surface area (Å²) in [5.41, 5.74) is 0. The highest BCUT2D eigenvalue weighted by atomic mass is 19.4. The lowest BCUT2D eigenvalue weighted by Gasteiger charge is -2.44. The molecule has 0 saturated carbocycles. The SMILES string of the molecule is FC(F)(F)CNCCN1CCN2CCCCC2C1. The zero-order chi connectivity index (χ0) is 13.0. The second-order valence-electron chi connectivity index (χ2n) is 5.28. The summed E-state index contributed by atoms with van der Waals surface area (Å²) >= 11 is 0. The Morgan fingerprint density at radius 2 is 1.94 bits per heavy atom. The van der Waals surface area contributed by atoms with E-state index in [9.17, 15) is 13.2 Å². The van der Waals surface area contributed by atoms with Gasteiger partial charge in [0.2, 0.25) is 0 Å². The van der Waals surface area contributed by atoms with Gasteiger partial charge in [-0.1, -0.05) is 6.42 Å². The summed E-state index contributed by atoms with van der Waals surface area (Å²) in [6.07, 6.45) is -0.264. The van der Waals surface area contributed by atoms with Gasteiger partial charge in [0.05, 0.1) is 6.54 Å². The van der Waals surface area contributed by atoms with Crippen molar-refractivity contribution in [3.8, 4) is 0 Å². The second kappa shape index (κ2) is 6.21. The topological polar surface area (TPSA) is 18.5 Å². The van der Waals surface area contributed by atoms with E-state index in [-0.39, 0.29) is 0 Å². The lowest BCUT2D eigenvalue weighted by molar-refractivity contribution is -0.124. The Morgan fingerprint density at radius 1 is 1.11 bits per heavy atom. The summed E-state index contributed by atoms with van der Waals surface area (Å²) < 4.78 is 35.9. The molecule has 2 heterocycles. The number of halogens is 3. The van der Waals surface area contributed by atoms with Crippen molar-refractivity contribution in [1.29, 1.82) is 0 Å². The zero-order valence-corrected chi connectivity index (χ0v) is 10.7. The summed E-state index contributed by atoms with van der Waals surface area (Å²) in [6, 6.07) is 0.634. The quantitative estimate of drug-likeness (QED) is 0.773. The van der Waals surface area contributed by atoms with Gasteiger partial charge in [-0.05, 0) is 19.4 Å². The van der Waals surface area contributed by atoms with E-state index in [0.29, 0.717) is 12.6 Å². The number of rotatable bonds is 4. The maximum Gasteiger partial charge on any atom is 0.401 e. The van der Waals surface area contributed by atoms with Gasteiger partial charge in [0, 0.05) is 38.8 Å². The molecular weight excluding hydrogens is 243 g/mol.